The van der Waals surface area contributed by atoms with Gasteiger partial charge in [0, 0.05) is 16.4 Å². The molecule has 0 aliphatic carbocycles. The largest absolute Gasteiger partial charge is 0.324 e. The van der Waals surface area contributed by atoms with Gasteiger partial charge < -0.3 is 5.32 Å². The molecule has 6 nitrogen and oxygen atoms in total. The predicted octanol–water partition coefficient (Wildman–Crippen LogP) is 3.90. The number of carbonyl (C=O) groups excluding carboxylic acids is 1. The molecule has 7 heteroatoms. The van der Waals surface area contributed by atoms with Gasteiger partial charge in [0.15, 0.2) is 5.65 Å². The third-order valence-corrected chi connectivity index (χ3v) is 4.87. The minimum absolute atomic E-state index is 0.0455. The number of fused-ring (bicyclic) bond motifs is 1. The molecule has 2 aromatic heterocycles. The average molecular weight is 437 g/mol. The molecule has 140 valence electrons. The second kappa shape index (κ2) is 7.44. The van der Waals surface area contributed by atoms with Crippen LogP contribution in [0.15, 0.2) is 76.1 Å². The Hall–Kier alpha value is -3.19. The number of nitrogens with zero attached hydrogens (tertiary/aromatic N) is 3. The van der Waals surface area contributed by atoms with Crippen LogP contribution >= 0.6 is 15.9 Å². The smallest absolute Gasteiger partial charge is 0.280 e. The fourth-order valence-electron chi connectivity index (χ4n) is 3.08. The zero-order valence-electron chi connectivity index (χ0n) is 15.1. The third kappa shape index (κ3) is 3.48. The van der Waals surface area contributed by atoms with E-state index in [0.29, 0.717) is 22.4 Å². The van der Waals surface area contributed by atoms with E-state index in [2.05, 4.69) is 26.2 Å². The summed E-state index contributed by atoms with van der Waals surface area (Å²) in [6.07, 6.45) is 1.62. The highest BCUT2D eigenvalue weighted by Crippen LogP contribution is 2.17. The van der Waals surface area contributed by atoms with E-state index in [1.807, 2.05) is 55.5 Å². The number of rotatable bonds is 4. The number of aryl methyl sites for hydroxylation is 1. The van der Waals surface area contributed by atoms with Crippen LogP contribution in [0.1, 0.15) is 5.56 Å². The molecule has 4 rings (SSSR count). The number of pyridine rings is 1. The molecule has 1 amide bonds. The summed E-state index contributed by atoms with van der Waals surface area (Å²) >= 11 is 3.39. The number of hydrogen-bond donors (Lipinski definition) is 1. The summed E-state index contributed by atoms with van der Waals surface area (Å²) in [7, 11) is 0. The van der Waals surface area contributed by atoms with E-state index in [1.54, 1.807) is 23.0 Å². The van der Waals surface area contributed by atoms with Gasteiger partial charge in [-0.3, -0.25) is 14.3 Å². The summed E-state index contributed by atoms with van der Waals surface area (Å²) in [5.74, 6) is -0.249. The van der Waals surface area contributed by atoms with Crippen LogP contribution in [0.5, 0.6) is 0 Å². The molecule has 0 spiro atoms. The molecule has 0 unspecified atom stereocenters. The van der Waals surface area contributed by atoms with Gasteiger partial charge in [0.1, 0.15) is 6.54 Å². The summed E-state index contributed by atoms with van der Waals surface area (Å²) in [5, 5.41) is 3.33. The number of aromatic nitrogens is 3. The fourth-order valence-corrected chi connectivity index (χ4v) is 3.48. The lowest BCUT2D eigenvalue weighted by Gasteiger charge is -2.13. The average Bonchev–Trinajstić information content (AvgIpc) is 2.95. The first kappa shape index (κ1) is 18.2. The van der Waals surface area contributed by atoms with Crippen LogP contribution in [-0.2, 0) is 11.3 Å². The number of benzene rings is 2. The second-order valence-corrected chi connectivity index (χ2v) is 7.36. The standard InChI is InChI=1S/C21H17BrN4O2/c1-14-7-9-17(10-8-14)26-21(28)18-6-3-11-23-20(18)25(26)13-19(27)24-16-5-2-4-15(22)12-16/h2-12H,13H2,1H3,(H,24,27). The molecule has 1 N–H and O–H groups in total. The van der Waals surface area contributed by atoms with E-state index >= 15 is 0 Å². The fraction of sp³-hybridized carbons (Fsp3) is 0.0952. The lowest BCUT2D eigenvalue weighted by molar-refractivity contribution is -0.116. The van der Waals surface area contributed by atoms with Crippen LogP contribution in [0.2, 0.25) is 0 Å². The van der Waals surface area contributed by atoms with Gasteiger partial charge in [-0.25, -0.2) is 9.67 Å². The van der Waals surface area contributed by atoms with Crippen LogP contribution in [-0.4, -0.2) is 20.3 Å². The summed E-state index contributed by atoms with van der Waals surface area (Å²) < 4.78 is 3.97. The molecule has 2 heterocycles. The number of amides is 1. The SMILES string of the molecule is Cc1ccc(-n2c(=O)c3cccnc3n2CC(=O)Nc2cccc(Br)c2)cc1. The maximum absolute atomic E-state index is 13.0. The van der Waals surface area contributed by atoms with Crippen molar-refractivity contribution in [2.24, 2.45) is 0 Å². The maximum atomic E-state index is 13.0. The van der Waals surface area contributed by atoms with E-state index < -0.39 is 0 Å². The van der Waals surface area contributed by atoms with Crippen molar-refractivity contribution in [2.45, 2.75) is 13.5 Å². The number of anilines is 1. The zero-order chi connectivity index (χ0) is 19.7. The van der Waals surface area contributed by atoms with Gasteiger partial charge >= 0.3 is 0 Å². The maximum Gasteiger partial charge on any atom is 0.280 e. The highest BCUT2D eigenvalue weighted by atomic mass is 79.9. The molecule has 0 aliphatic rings. The van der Waals surface area contributed by atoms with Crippen molar-refractivity contribution in [3.8, 4) is 5.69 Å². The summed E-state index contributed by atoms with van der Waals surface area (Å²) in [6.45, 7) is 1.94. The first-order chi connectivity index (χ1) is 13.5. The molecule has 4 aromatic rings. The molecule has 0 atom stereocenters. The van der Waals surface area contributed by atoms with Gasteiger partial charge in [-0.15, -0.1) is 0 Å². The normalized spacial score (nSPS) is 10.9. The van der Waals surface area contributed by atoms with Gasteiger partial charge in [0.2, 0.25) is 5.91 Å². The van der Waals surface area contributed by atoms with Crippen LogP contribution in [0.3, 0.4) is 0 Å². The van der Waals surface area contributed by atoms with E-state index in [-0.39, 0.29) is 18.0 Å². The monoisotopic (exact) mass is 436 g/mol. The van der Waals surface area contributed by atoms with Crippen molar-refractivity contribution in [3.05, 3.63) is 87.3 Å². The lowest BCUT2D eigenvalue weighted by atomic mass is 10.2. The quantitative estimate of drug-likeness (QED) is 0.527. The number of halogens is 1. The highest BCUT2D eigenvalue weighted by molar-refractivity contribution is 9.10. The van der Waals surface area contributed by atoms with Gasteiger partial charge in [-0.05, 0) is 49.4 Å². The van der Waals surface area contributed by atoms with Crippen LogP contribution in [0.4, 0.5) is 5.69 Å². The molecule has 0 bridgehead atoms. The van der Waals surface area contributed by atoms with Crippen LogP contribution in [0.25, 0.3) is 16.7 Å². The Bertz CT molecular complexity index is 1230. The molecule has 28 heavy (non-hydrogen) atoms. The topological polar surface area (TPSA) is 68.9 Å². The third-order valence-electron chi connectivity index (χ3n) is 4.38. The summed E-state index contributed by atoms with van der Waals surface area (Å²) in [5.41, 5.74) is 2.71. The van der Waals surface area contributed by atoms with Crippen molar-refractivity contribution in [2.75, 3.05) is 5.32 Å². The molecule has 0 aliphatic heterocycles. The molecular formula is C21H17BrN4O2. The van der Waals surface area contributed by atoms with E-state index in [0.717, 1.165) is 10.0 Å². The summed E-state index contributed by atoms with van der Waals surface area (Å²) in [6, 6.07) is 18.4. The number of carbonyl (C=O) groups is 1. The first-order valence-electron chi connectivity index (χ1n) is 8.72. The van der Waals surface area contributed by atoms with E-state index in [1.165, 1.54) is 4.68 Å². The first-order valence-corrected chi connectivity index (χ1v) is 9.51. The minimum Gasteiger partial charge on any atom is -0.324 e. The van der Waals surface area contributed by atoms with Crippen molar-refractivity contribution in [1.82, 2.24) is 14.3 Å². The molecule has 0 radical (unpaired) electrons. The molecular weight excluding hydrogens is 420 g/mol. The predicted molar refractivity (Wildman–Crippen MR) is 113 cm³/mol. The lowest BCUT2D eigenvalue weighted by Crippen LogP contribution is -2.27. The molecule has 0 saturated carbocycles. The Morgan fingerprint density at radius 3 is 2.64 bits per heavy atom. The van der Waals surface area contributed by atoms with Crippen molar-refractivity contribution in [3.63, 3.8) is 0 Å². The van der Waals surface area contributed by atoms with Crippen LogP contribution in [0, 0.1) is 6.92 Å². The number of hydrogen-bond acceptors (Lipinski definition) is 3. The van der Waals surface area contributed by atoms with Crippen molar-refractivity contribution >= 4 is 38.6 Å². The highest BCUT2D eigenvalue weighted by Gasteiger charge is 2.18. The Morgan fingerprint density at radius 2 is 1.89 bits per heavy atom. The van der Waals surface area contributed by atoms with Gasteiger partial charge in [0.05, 0.1) is 11.1 Å². The molecule has 0 fully saturated rings. The molecule has 2 aromatic carbocycles. The summed E-state index contributed by atoms with van der Waals surface area (Å²) in [4.78, 5) is 30.0. The van der Waals surface area contributed by atoms with Gasteiger partial charge in [-0.1, -0.05) is 39.7 Å². The van der Waals surface area contributed by atoms with Crippen molar-refractivity contribution < 1.29 is 4.79 Å². The Balaban J connectivity index is 1.77. The second-order valence-electron chi connectivity index (χ2n) is 6.44. The van der Waals surface area contributed by atoms with E-state index in [9.17, 15) is 9.59 Å². The Kier molecular flexibility index (Phi) is 4.83. The van der Waals surface area contributed by atoms with E-state index in [4.69, 9.17) is 0 Å². The molecule has 0 saturated heterocycles. The van der Waals surface area contributed by atoms with Crippen molar-refractivity contribution in [1.29, 1.82) is 0 Å². The van der Waals surface area contributed by atoms with Gasteiger partial charge in [-0.2, -0.15) is 0 Å². The number of nitrogens with one attached hydrogen (secondary N) is 1. The zero-order valence-corrected chi connectivity index (χ0v) is 16.7. The Morgan fingerprint density at radius 1 is 1.11 bits per heavy atom. The van der Waals surface area contributed by atoms with Crippen LogP contribution < -0.4 is 10.9 Å². The van der Waals surface area contributed by atoms with Gasteiger partial charge in [0.25, 0.3) is 5.56 Å². The minimum atomic E-state index is -0.249. The Labute approximate surface area is 169 Å².